The highest BCUT2D eigenvalue weighted by Crippen LogP contribution is 2.28. The quantitative estimate of drug-likeness (QED) is 0.848. The standard InChI is InChI=1S/C19H20F3N3O2/c1-2-15-10-23-11-16(27-15)12-3-5-14(6-4-12)25-18(26)13-7-8-24-17(9-13)19(20,21)22/h3-9,15-16,23H,2,10-11H2,1H3,(H,25,26)/t15-,16-/m1/s1. The van der Waals surface area contributed by atoms with Crippen LogP contribution in [0.5, 0.6) is 0 Å². The number of rotatable bonds is 4. The molecule has 2 N–H and O–H groups in total. The lowest BCUT2D eigenvalue weighted by atomic mass is 10.1. The summed E-state index contributed by atoms with van der Waals surface area (Å²) in [6.07, 6.45) is -2.61. The van der Waals surface area contributed by atoms with Gasteiger partial charge >= 0.3 is 6.18 Å². The van der Waals surface area contributed by atoms with Crippen LogP contribution in [-0.2, 0) is 10.9 Å². The van der Waals surface area contributed by atoms with Crippen molar-refractivity contribution in [2.45, 2.75) is 31.7 Å². The Hall–Kier alpha value is -2.45. The number of nitrogens with zero attached hydrogens (tertiary/aromatic N) is 1. The van der Waals surface area contributed by atoms with E-state index in [0.29, 0.717) is 12.2 Å². The fraction of sp³-hybridized carbons (Fsp3) is 0.368. The third-order valence-corrected chi connectivity index (χ3v) is 4.37. The fourth-order valence-electron chi connectivity index (χ4n) is 2.85. The fourth-order valence-corrected chi connectivity index (χ4v) is 2.85. The highest BCUT2D eigenvalue weighted by molar-refractivity contribution is 6.04. The van der Waals surface area contributed by atoms with Crippen LogP contribution in [0.3, 0.4) is 0 Å². The van der Waals surface area contributed by atoms with Gasteiger partial charge in [0.25, 0.3) is 5.91 Å². The van der Waals surface area contributed by atoms with Crippen molar-refractivity contribution in [3.8, 4) is 0 Å². The molecule has 1 amide bonds. The van der Waals surface area contributed by atoms with Gasteiger partial charge in [0.15, 0.2) is 0 Å². The van der Waals surface area contributed by atoms with Crippen LogP contribution >= 0.6 is 0 Å². The second-order valence-corrected chi connectivity index (χ2v) is 6.32. The lowest BCUT2D eigenvalue weighted by molar-refractivity contribution is -0.141. The highest BCUT2D eigenvalue weighted by Gasteiger charge is 2.33. The second kappa shape index (κ2) is 8.06. The Kier molecular flexibility index (Phi) is 5.76. The molecule has 3 rings (SSSR count). The minimum atomic E-state index is -4.59. The van der Waals surface area contributed by atoms with Crippen LogP contribution in [0.15, 0.2) is 42.6 Å². The van der Waals surface area contributed by atoms with Crippen LogP contribution < -0.4 is 10.6 Å². The van der Waals surface area contributed by atoms with E-state index in [4.69, 9.17) is 4.74 Å². The van der Waals surface area contributed by atoms with Gasteiger partial charge in [-0.15, -0.1) is 0 Å². The number of ether oxygens (including phenoxy) is 1. The molecule has 2 heterocycles. The van der Waals surface area contributed by atoms with Crippen molar-refractivity contribution in [1.29, 1.82) is 0 Å². The molecule has 0 aliphatic carbocycles. The van der Waals surface area contributed by atoms with E-state index in [1.165, 1.54) is 6.07 Å². The third-order valence-electron chi connectivity index (χ3n) is 4.37. The molecule has 1 aliphatic rings. The summed E-state index contributed by atoms with van der Waals surface area (Å²) in [6, 6.07) is 9.07. The molecule has 0 radical (unpaired) electrons. The van der Waals surface area contributed by atoms with Crippen LogP contribution in [0.25, 0.3) is 0 Å². The van der Waals surface area contributed by atoms with Crippen molar-refractivity contribution >= 4 is 11.6 Å². The number of alkyl halides is 3. The molecule has 0 unspecified atom stereocenters. The van der Waals surface area contributed by atoms with Crippen LogP contribution in [0.2, 0.25) is 0 Å². The molecular formula is C19H20F3N3O2. The van der Waals surface area contributed by atoms with Gasteiger partial charge in [0, 0.05) is 30.5 Å². The van der Waals surface area contributed by atoms with Crippen LogP contribution in [0.1, 0.15) is 41.1 Å². The summed E-state index contributed by atoms with van der Waals surface area (Å²) in [7, 11) is 0. The van der Waals surface area contributed by atoms with E-state index < -0.39 is 17.8 Å². The second-order valence-electron chi connectivity index (χ2n) is 6.32. The molecule has 0 saturated carbocycles. The van der Waals surface area contributed by atoms with E-state index in [2.05, 4.69) is 22.5 Å². The van der Waals surface area contributed by atoms with E-state index in [1.807, 2.05) is 12.1 Å². The Morgan fingerprint density at radius 2 is 2.00 bits per heavy atom. The first-order chi connectivity index (χ1) is 12.9. The number of halogens is 3. The van der Waals surface area contributed by atoms with Gasteiger partial charge in [0.05, 0.1) is 12.2 Å². The Morgan fingerprint density at radius 3 is 2.67 bits per heavy atom. The number of carbonyl (C=O) groups is 1. The Balaban J connectivity index is 1.67. The first kappa shape index (κ1) is 19.3. The summed E-state index contributed by atoms with van der Waals surface area (Å²) >= 11 is 0. The minimum Gasteiger partial charge on any atom is -0.368 e. The van der Waals surface area contributed by atoms with E-state index >= 15 is 0 Å². The minimum absolute atomic E-state index is 0.0667. The van der Waals surface area contributed by atoms with Gasteiger partial charge in [0.1, 0.15) is 5.69 Å². The Morgan fingerprint density at radius 1 is 1.26 bits per heavy atom. The zero-order valence-electron chi connectivity index (χ0n) is 14.7. The molecule has 0 spiro atoms. The number of nitrogens with one attached hydrogen (secondary N) is 2. The number of aromatic nitrogens is 1. The topological polar surface area (TPSA) is 63.2 Å². The lowest BCUT2D eigenvalue weighted by Crippen LogP contribution is -2.40. The zero-order valence-corrected chi connectivity index (χ0v) is 14.7. The number of pyridine rings is 1. The lowest BCUT2D eigenvalue weighted by Gasteiger charge is -2.30. The molecule has 5 nitrogen and oxygen atoms in total. The Labute approximate surface area is 154 Å². The largest absolute Gasteiger partial charge is 0.433 e. The molecule has 144 valence electrons. The predicted molar refractivity (Wildman–Crippen MR) is 94.4 cm³/mol. The number of hydrogen-bond donors (Lipinski definition) is 2. The summed E-state index contributed by atoms with van der Waals surface area (Å²) < 4.78 is 44.2. The molecule has 1 aliphatic heterocycles. The van der Waals surface area contributed by atoms with Crippen LogP contribution in [-0.4, -0.2) is 30.1 Å². The average molecular weight is 379 g/mol. The van der Waals surface area contributed by atoms with Gasteiger partial charge in [-0.25, -0.2) is 0 Å². The number of anilines is 1. The number of amides is 1. The summed E-state index contributed by atoms with van der Waals surface area (Å²) in [4.78, 5) is 15.5. The van der Waals surface area contributed by atoms with Gasteiger partial charge in [-0.3, -0.25) is 9.78 Å². The molecule has 2 aromatic rings. The first-order valence-electron chi connectivity index (χ1n) is 8.67. The summed E-state index contributed by atoms with van der Waals surface area (Å²) in [6.45, 7) is 3.60. The van der Waals surface area contributed by atoms with Crippen molar-refractivity contribution in [3.63, 3.8) is 0 Å². The van der Waals surface area contributed by atoms with Gasteiger partial charge in [-0.2, -0.15) is 13.2 Å². The smallest absolute Gasteiger partial charge is 0.368 e. The van der Waals surface area contributed by atoms with Crippen molar-refractivity contribution in [2.75, 3.05) is 18.4 Å². The first-order valence-corrected chi connectivity index (χ1v) is 8.67. The molecule has 1 fully saturated rings. The monoisotopic (exact) mass is 379 g/mol. The van der Waals surface area contributed by atoms with E-state index in [0.717, 1.165) is 30.8 Å². The van der Waals surface area contributed by atoms with E-state index in [1.54, 1.807) is 12.1 Å². The van der Waals surface area contributed by atoms with Crippen molar-refractivity contribution in [2.24, 2.45) is 0 Å². The maximum atomic E-state index is 12.7. The van der Waals surface area contributed by atoms with Crippen molar-refractivity contribution in [3.05, 3.63) is 59.4 Å². The maximum absolute atomic E-state index is 12.7. The van der Waals surface area contributed by atoms with Gasteiger partial charge < -0.3 is 15.4 Å². The Bertz CT molecular complexity index is 794. The van der Waals surface area contributed by atoms with E-state index in [-0.39, 0.29) is 17.8 Å². The SMILES string of the molecule is CC[C@@H]1CNC[C@H](c2ccc(NC(=O)c3ccnc(C(F)(F)F)c3)cc2)O1. The molecule has 8 heteroatoms. The van der Waals surface area contributed by atoms with Gasteiger partial charge in [-0.1, -0.05) is 19.1 Å². The summed E-state index contributed by atoms with van der Waals surface area (Å²) in [5, 5.41) is 5.92. The van der Waals surface area contributed by atoms with Crippen LogP contribution in [0.4, 0.5) is 18.9 Å². The number of morpholine rings is 1. The molecule has 1 saturated heterocycles. The number of hydrogen-bond acceptors (Lipinski definition) is 4. The van der Waals surface area contributed by atoms with Crippen LogP contribution in [0, 0.1) is 0 Å². The zero-order chi connectivity index (χ0) is 19.4. The van der Waals surface area contributed by atoms with E-state index in [9.17, 15) is 18.0 Å². The molecule has 1 aromatic heterocycles. The summed E-state index contributed by atoms with van der Waals surface area (Å²) in [5.74, 6) is -0.628. The third kappa shape index (κ3) is 4.84. The molecule has 27 heavy (non-hydrogen) atoms. The van der Waals surface area contributed by atoms with Gasteiger partial charge in [0.2, 0.25) is 0 Å². The normalized spacial score (nSPS) is 20.3. The van der Waals surface area contributed by atoms with Crippen molar-refractivity contribution < 1.29 is 22.7 Å². The molecule has 2 atom stereocenters. The maximum Gasteiger partial charge on any atom is 0.433 e. The highest BCUT2D eigenvalue weighted by atomic mass is 19.4. The molecule has 0 bridgehead atoms. The average Bonchev–Trinajstić information content (AvgIpc) is 2.68. The summed E-state index contributed by atoms with van der Waals surface area (Å²) in [5.41, 5.74) is 0.261. The number of benzene rings is 1. The molecule has 1 aromatic carbocycles. The van der Waals surface area contributed by atoms with Crippen molar-refractivity contribution in [1.82, 2.24) is 10.3 Å². The predicted octanol–water partition coefficient (Wildman–Crippen LogP) is 3.79. The van der Waals surface area contributed by atoms with Gasteiger partial charge in [-0.05, 0) is 36.2 Å². The number of carbonyl (C=O) groups excluding carboxylic acids is 1. The molecular weight excluding hydrogens is 359 g/mol.